The number of benzene rings is 1. The minimum atomic E-state index is 0.398. The van der Waals surface area contributed by atoms with Gasteiger partial charge < -0.3 is 4.74 Å². The van der Waals surface area contributed by atoms with Crippen LogP contribution >= 0.6 is 43.5 Å². The molecule has 1 aromatic carbocycles. The zero-order chi connectivity index (χ0) is 10.1. The topological polar surface area (TPSA) is 9.23 Å². The molecule has 0 atom stereocenters. The highest BCUT2D eigenvalue weighted by molar-refractivity contribution is 9.11. The van der Waals surface area contributed by atoms with Crippen LogP contribution in [0.5, 0.6) is 5.75 Å². The Kier molecular flexibility index (Phi) is 3.40. The Hall–Kier alpha value is 0.270. The molecule has 0 N–H and O–H groups in total. The smallest absolute Gasteiger partial charge is 0.138 e. The third kappa shape index (κ3) is 2.44. The van der Waals surface area contributed by atoms with Crippen molar-refractivity contribution in [3.05, 3.63) is 26.6 Å². The highest BCUT2D eigenvalue weighted by Gasteiger charge is 2.25. The molecule has 1 saturated carbocycles. The van der Waals surface area contributed by atoms with Crippen LogP contribution in [0.1, 0.15) is 18.4 Å². The van der Waals surface area contributed by atoms with E-state index in [2.05, 4.69) is 31.9 Å². The van der Waals surface area contributed by atoms with Crippen LogP contribution in [-0.4, -0.2) is 6.10 Å². The lowest BCUT2D eigenvalue weighted by atomic mass is 10.2. The first-order chi connectivity index (χ1) is 6.70. The maximum atomic E-state index is 5.86. The van der Waals surface area contributed by atoms with Gasteiger partial charge in [0.25, 0.3) is 0 Å². The largest absolute Gasteiger partial charge is 0.489 e. The zero-order valence-corrected chi connectivity index (χ0v) is 11.3. The molecule has 0 spiro atoms. The van der Waals surface area contributed by atoms with Crippen LogP contribution in [0.4, 0.5) is 0 Å². The Bertz CT molecular complexity index is 350. The van der Waals surface area contributed by atoms with Gasteiger partial charge in [0.1, 0.15) is 5.75 Å². The van der Waals surface area contributed by atoms with E-state index in [1.54, 1.807) is 0 Å². The van der Waals surface area contributed by atoms with Crippen molar-refractivity contribution in [3.63, 3.8) is 0 Å². The second-order valence-electron chi connectivity index (χ2n) is 3.33. The first-order valence-corrected chi connectivity index (χ1v) is 6.53. The molecule has 1 fully saturated rings. The molecule has 0 aromatic heterocycles. The molecule has 1 aliphatic carbocycles. The maximum Gasteiger partial charge on any atom is 0.138 e. The summed E-state index contributed by atoms with van der Waals surface area (Å²) >= 11 is 12.8. The SMILES string of the molecule is ClCc1cc(Br)cc(Br)c1OC1CC1. The number of rotatable bonds is 3. The third-order valence-corrected chi connectivity index (χ3v) is 3.37. The second kappa shape index (κ2) is 4.42. The summed E-state index contributed by atoms with van der Waals surface area (Å²) in [5.41, 5.74) is 1.03. The summed E-state index contributed by atoms with van der Waals surface area (Å²) in [4.78, 5) is 0. The van der Waals surface area contributed by atoms with Gasteiger partial charge in [-0.05, 0) is 40.9 Å². The molecule has 1 aromatic rings. The van der Waals surface area contributed by atoms with Crippen LogP contribution in [-0.2, 0) is 5.88 Å². The molecular weight excluding hydrogens is 331 g/mol. The van der Waals surface area contributed by atoms with E-state index in [1.165, 1.54) is 0 Å². The van der Waals surface area contributed by atoms with Crippen LogP contribution in [0, 0.1) is 0 Å². The molecule has 0 radical (unpaired) electrons. The van der Waals surface area contributed by atoms with Crippen LogP contribution in [0.3, 0.4) is 0 Å². The second-order valence-corrected chi connectivity index (χ2v) is 5.36. The molecule has 1 nitrogen and oxygen atoms in total. The molecule has 4 heteroatoms. The van der Waals surface area contributed by atoms with E-state index in [1.807, 2.05) is 12.1 Å². The first kappa shape index (κ1) is 10.8. The minimum absolute atomic E-state index is 0.398. The predicted octanol–water partition coefficient (Wildman–Crippen LogP) is 4.49. The van der Waals surface area contributed by atoms with Crippen molar-refractivity contribution >= 4 is 43.5 Å². The summed E-state index contributed by atoms with van der Waals surface area (Å²) in [5, 5.41) is 0. The summed E-state index contributed by atoms with van der Waals surface area (Å²) in [6.07, 6.45) is 2.71. The third-order valence-electron chi connectivity index (χ3n) is 2.04. The van der Waals surface area contributed by atoms with Crippen molar-refractivity contribution in [2.45, 2.75) is 24.8 Å². The summed E-state index contributed by atoms with van der Waals surface area (Å²) in [7, 11) is 0. The lowest BCUT2D eigenvalue weighted by Gasteiger charge is -2.11. The van der Waals surface area contributed by atoms with Gasteiger partial charge in [-0.1, -0.05) is 15.9 Å². The highest BCUT2D eigenvalue weighted by atomic mass is 79.9. The van der Waals surface area contributed by atoms with Crippen molar-refractivity contribution in [1.29, 1.82) is 0 Å². The van der Waals surface area contributed by atoms with Gasteiger partial charge in [-0.25, -0.2) is 0 Å². The van der Waals surface area contributed by atoms with E-state index in [-0.39, 0.29) is 0 Å². The number of halogens is 3. The van der Waals surface area contributed by atoms with Gasteiger partial charge in [-0.15, -0.1) is 11.6 Å². The summed E-state index contributed by atoms with van der Waals surface area (Å²) in [6, 6.07) is 3.98. The molecule has 0 unspecified atom stereocenters. The molecule has 14 heavy (non-hydrogen) atoms. The zero-order valence-electron chi connectivity index (χ0n) is 7.40. The molecule has 1 aliphatic rings. The molecular formula is C10H9Br2ClO. The van der Waals surface area contributed by atoms with Crippen LogP contribution in [0.15, 0.2) is 21.1 Å². The quantitative estimate of drug-likeness (QED) is 0.737. The minimum Gasteiger partial charge on any atom is -0.489 e. The highest BCUT2D eigenvalue weighted by Crippen LogP contribution is 2.37. The average molecular weight is 340 g/mol. The van der Waals surface area contributed by atoms with Crippen LogP contribution < -0.4 is 4.74 Å². The molecule has 0 aliphatic heterocycles. The van der Waals surface area contributed by atoms with Gasteiger partial charge in [0, 0.05) is 10.0 Å². The normalized spacial score (nSPS) is 15.6. The van der Waals surface area contributed by atoms with Gasteiger partial charge in [-0.3, -0.25) is 0 Å². The lowest BCUT2D eigenvalue weighted by Crippen LogP contribution is -1.99. The fraction of sp³-hybridized carbons (Fsp3) is 0.400. The Labute approximate surface area is 105 Å². The lowest BCUT2D eigenvalue weighted by molar-refractivity contribution is 0.299. The van der Waals surface area contributed by atoms with E-state index < -0.39 is 0 Å². The van der Waals surface area contributed by atoms with E-state index in [0.29, 0.717) is 12.0 Å². The summed E-state index contributed by atoms with van der Waals surface area (Å²) in [6.45, 7) is 0. The first-order valence-electron chi connectivity index (χ1n) is 4.41. The molecule has 2 rings (SSSR count). The number of ether oxygens (including phenoxy) is 1. The van der Waals surface area contributed by atoms with E-state index in [9.17, 15) is 0 Å². The van der Waals surface area contributed by atoms with E-state index in [4.69, 9.17) is 16.3 Å². The monoisotopic (exact) mass is 338 g/mol. The van der Waals surface area contributed by atoms with Crippen molar-refractivity contribution < 1.29 is 4.74 Å². The van der Waals surface area contributed by atoms with E-state index in [0.717, 1.165) is 33.1 Å². The van der Waals surface area contributed by atoms with Crippen molar-refractivity contribution in [2.24, 2.45) is 0 Å². The van der Waals surface area contributed by atoms with Gasteiger partial charge in [0.15, 0.2) is 0 Å². The Morgan fingerprint density at radius 2 is 2.07 bits per heavy atom. The molecule has 0 amide bonds. The number of hydrogen-bond donors (Lipinski definition) is 0. The maximum absolute atomic E-state index is 5.86. The fourth-order valence-corrected chi connectivity index (χ4v) is 2.80. The number of alkyl halides is 1. The molecule has 0 heterocycles. The van der Waals surface area contributed by atoms with Gasteiger partial charge in [-0.2, -0.15) is 0 Å². The summed E-state index contributed by atoms with van der Waals surface area (Å²) in [5.74, 6) is 1.37. The van der Waals surface area contributed by atoms with E-state index >= 15 is 0 Å². The molecule has 0 bridgehead atoms. The number of hydrogen-bond acceptors (Lipinski definition) is 1. The predicted molar refractivity (Wildman–Crippen MR) is 65.0 cm³/mol. The van der Waals surface area contributed by atoms with Gasteiger partial charge in [0.2, 0.25) is 0 Å². The standard InChI is InChI=1S/C10H9Br2ClO/c11-7-3-6(5-13)10(9(12)4-7)14-8-1-2-8/h3-4,8H,1-2,5H2. The van der Waals surface area contributed by atoms with Gasteiger partial charge >= 0.3 is 0 Å². The van der Waals surface area contributed by atoms with Crippen LogP contribution in [0.25, 0.3) is 0 Å². The Morgan fingerprint density at radius 1 is 1.36 bits per heavy atom. The van der Waals surface area contributed by atoms with Crippen LogP contribution in [0.2, 0.25) is 0 Å². The Balaban J connectivity index is 2.33. The Morgan fingerprint density at radius 3 is 2.64 bits per heavy atom. The molecule has 76 valence electrons. The van der Waals surface area contributed by atoms with Crippen molar-refractivity contribution in [1.82, 2.24) is 0 Å². The van der Waals surface area contributed by atoms with Crippen molar-refractivity contribution in [3.8, 4) is 5.75 Å². The van der Waals surface area contributed by atoms with Crippen molar-refractivity contribution in [2.75, 3.05) is 0 Å². The fourth-order valence-electron chi connectivity index (χ4n) is 1.20. The average Bonchev–Trinajstić information content (AvgIpc) is 2.93. The van der Waals surface area contributed by atoms with Gasteiger partial charge in [0.05, 0.1) is 16.5 Å². The summed E-state index contributed by atoms with van der Waals surface area (Å²) < 4.78 is 7.76. The molecule has 0 saturated heterocycles.